The van der Waals surface area contributed by atoms with Crippen LogP contribution < -0.4 is 0 Å². The lowest BCUT2D eigenvalue weighted by molar-refractivity contribution is 0.0578. The molecule has 0 N–H and O–H groups in total. The van der Waals surface area contributed by atoms with E-state index in [1.807, 2.05) is 0 Å². The van der Waals surface area contributed by atoms with Gasteiger partial charge in [0.2, 0.25) is 0 Å². The van der Waals surface area contributed by atoms with Gasteiger partial charge in [0.25, 0.3) is 0 Å². The summed E-state index contributed by atoms with van der Waals surface area (Å²) >= 11 is 0. The zero-order chi connectivity index (χ0) is 18.6. The molecule has 0 saturated carbocycles. The summed E-state index contributed by atoms with van der Waals surface area (Å²) in [6.45, 7) is 0.295. The third-order valence-electron chi connectivity index (χ3n) is 3.41. The van der Waals surface area contributed by atoms with Gasteiger partial charge in [-0.2, -0.15) is 0 Å². The minimum absolute atomic E-state index is 0.148. The zero-order valence-electron chi connectivity index (χ0n) is 14.2. The van der Waals surface area contributed by atoms with Crippen LogP contribution in [0.25, 0.3) is 12.2 Å². The standard InChI is InChI=1S/C21H20F2O3/c22-19-13-3-1-9-17(19)11-5-7-15-25-21(24)26-16-8-6-12-18-10-2-4-14-20(18)23/h1-6,9-14H,7-8,15-16H2. The molecular formula is C21H20F2O3. The van der Waals surface area contributed by atoms with Crippen LogP contribution in [-0.2, 0) is 9.47 Å². The maximum atomic E-state index is 13.4. The minimum Gasteiger partial charge on any atom is -0.434 e. The van der Waals surface area contributed by atoms with Gasteiger partial charge >= 0.3 is 6.16 Å². The summed E-state index contributed by atoms with van der Waals surface area (Å²) in [6.07, 6.45) is 6.87. The van der Waals surface area contributed by atoms with Crippen molar-refractivity contribution in [3.8, 4) is 0 Å². The van der Waals surface area contributed by atoms with Crippen molar-refractivity contribution in [1.82, 2.24) is 0 Å². The molecule has 0 atom stereocenters. The second kappa shape index (κ2) is 10.8. The van der Waals surface area contributed by atoms with Gasteiger partial charge in [-0.3, -0.25) is 0 Å². The molecule has 0 aliphatic heterocycles. The molecule has 0 bridgehead atoms. The number of ether oxygens (including phenoxy) is 2. The molecule has 2 aromatic carbocycles. The Balaban J connectivity index is 1.58. The first-order valence-corrected chi connectivity index (χ1v) is 8.28. The highest BCUT2D eigenvalue weighted by Gasteiger charge is 2.02. The van der Waals surface area contributed by atoms with E-state index in [2.05, 4.69) is 0 Å². The number of rotatable bonds is 8. The highest BCUT2D eigenvalue weighted by atomic mass is 19.1. The Bertz CT molecular complexity index is 706. The van der Waals surface area contributed by atoms with Crippen molar-refractivity contribution in [3.63, 3.8) is 0 Å². The maximum absolute atomic E-state index is 13.4. The summed E-state index contributed by atoms with van der Waals surface area (Å²) in [6, 6.07) is 12.8. The topological polar surface area (TPSA) is 35.5 Å². The Morgan fingerprint density at radius 3 is 1.62 bits per heavy atom. The summed E-state index contributed by atoms with van der Waals surface area (Å²) in [4.78, 5) is 11.4. The molecular weight excluding hydrogens is 338 g/mol. The van der Waals surface area contributed by atoms with Crippen LogP contribution in [0.15, 0.2) is 60.7 Å². The third-order valence-corrected chi connectivity index (χ3v) is 3.41. The predicted molar refractivity (Wildman–Crippen MR) is 97.4 cm³/mol. The van der Waals surface area contributed by atoms with Crippen LogP contribution in [0.5, 0.6) is 0 Å². The summed E-state index contributed by atoms with van der Waals surface area (Å²) in [5, 5.41) is 0. The van der Waals surface area contributed by atoms with Crippen LogP contribution in [0, 0.1) is 11.6 Å². The first-order valence-electron chi connectivity index (χ1n) is 8.28. The first kappa shape index (κ1) is 19.4. The second-order valence-corrected chi connectivity index (χ2v) is 5.37. The smallest absolute Gasteiger partial charge is 0.434 e. The fourth-order valence-corrected chi connectivity index (χ4v) is 2.10. The van der Waals surface area contributed by atoms with Crippen molar-refractivity contribution in [2.45, 2.75) is 12.8 Å². The van der Waals surface area contributed by atoms with Crippen molar-refractivity contribution >= 4 is 18.3 Å². The van der Waals surface area contributed by atoms with Gasteiger partial charge in [0.05, 0.1) is 13.2 Å². The highest BCUT2D eigenvalue weighted by Crippen LogP contribution is 2.09. The Hall–Kier alpha value is -2.95. The lowest BCUT2D eigenvalue weighted by Gasteiger charge is -2.03. The van der Waals surface area contributed by atoms with Gasteiger partial charge in [0, 0.05) is 24.0 Å². The molecule has 3 nitrogen and oxygen atoms in total. The van der Waals surface area contributed by atoms with Gasteiger partial charge in [0.1, 0.15) is 11.6 Å². The highest BCUT2D eigenvalue weighted by molar-refractivity contribution is 5.60. The van der Waals surface area contributed by atoms with Crippen molar-refractivity contribution in [1.29, 1.82) is 0 Å². The predicted octanol–water partition coefficient (Wildman–Crippen LogP) is 5.62. The van der Waals surface area contributed by atoms with E-state index in [0.29, 0.717) is 24.0 Å². The van der Waals surface area contributed by atoms with Gasteiger partial charge in [-0.15, -0.1) is 0 Å². The molecule has 5 heteroatoms. The third kappa shape index (κ3) is 6.89. The molecule has 0 saturated heterocycles. The van der Waals surface area contributed by atoms with Gasteiger partial charge < -0.3 is 9.47 Å². The first-order chi connectivity index (χ1) is 12.7. The number of hydrogen-bond acceptors (Lipinski definition) is 3. The van der Waals surface area contributed by atoms with Crippen LogP contribution in [0.4, 0.5) is 13.6 Å². The quantitative estimate of drug-likeness (QED) is 0.453. The average molecular weight is 358 g/mol. The van der Waals surface area contributed by atoms with E-state index in [0.717, 1.165) is 0 Å². The summed E-state index contributed by atoms with van der Waals surface area (Å²) < 4.78 is 36.6. The van der Waals surface area contributed by atoms with E-state index in [-0.39, 0.29) is 24.8 Å². The molecule has 0 fully saturated rings. The van der Waals surface area contributed by atoms with Crippen molar-refractivity contribution in [3.05, 3.63) is 83.4 Å². The number of carbonyl (C=O) groups excluding carboxylic acids is 1. The lowest BCUT2D eigenvalue weighted by atomic mass is 10.2. The summed E-state index contributed by atoms with van der Waals surface area (Å²) in [7, 11) is 0. The van der Waals surface area contributed by atoms with Crippen molar-refractivity contribution in [2.24, 2.45) is 0 Å². The average Bonchev–Trinajstić information content (AvgIpc) is 2.64. The number of halogens is 2. The second-order valence-electron chi connectivity index (χ2n) is 5.37. The number of benzene rings is 2. The van der Waals surface area contributed by atoms with Gasteiger partial charge in [-0.25, -0.2) is 13.6 Å². The van der Waals surface area contributed by atoms with E-state index in [1.165, 1.54) is 12.1 Å². The molecule has 0 aromatic heterocycles. The molecule has 0 aliphatic rings. The number of carbonyl (C=O) groups is 1. The molecule has 0 radical (unpaired) electrons. The monoisotopic (exact) mass is 358 g/mol. The van der Waals surface area contributed by atoms with Crippen LogP contribution in [0.1, 0.15) is 24.0 Å². The van der Waals surface area contributed by atoms with Gasteiger partial charge in [-0.1, -0.05) is 60.7 Å². The molecule has 136 valence electrons. The molecule has 0 spiro atoms. The maximum Gasteiger partial charge on any atom is 0.508 e. The van der Waals surface area contributed by atoms with Crippen LogP contribution in [-0.4, -0.2) is 19.4 Å². The Kier molecular flexibility index (Phi) is 8.06. The zero-order valence-corrected chi connectivity index (χ0v) is 14.2. The molecule has 2 aromatic rings. The summed E-state index contributed by atoms with van der Waals surface area (Å²) in [5.41, 5.74) is 0.966. The minimum atomic E-state index is -0.761. The Morgan fingerprint density at radius 2 is 1.19 bits per heavy atom. The van der Waals surface area contributed by atoms with Gasteiger partial charge in [0.15, 0.2) is 0 Å². The van der Waals surface area contributed by atoms with Crippen molar-refractivity contribution in [2.75, 3.05) is 13.2 Å². The number of hydrogen-bond donors (Lipinski definition) is 0. The normalized spacial score (nSPS) is 11.2. The fraction of sp³-hybridized carbons (Fsp3) is 0.190. The molecule has 0 aliphatic carbocycles. The molecule has 0 unspecified atom stereocenters. The molecule has 2 rings (SSSR count). The largest absolute Gasteiger partial charge is 0.508 e. The van der Waals surface area contributed by atoms with Gasteiger partial charge in [-0.05, 0) is 12.1 Å². The summed E-state index contributed by atoms with van der Waals surface area (Å²) in [5.74, 6) is -0.597. The van der Waals surface area contributed by atoms with E-state index in [9.17, 15) is 13.6 Å². The Morgan fingerprint density at radius 1 is 0.769 bits per heavy atom. The van der Waals surface area contributed by atoms with Crippen LogP contribution in [0.3, 0.4) is 0 Å². The van der Waals surface area contributed by atoms with Crippen LogP contribution >= 0.6 is 0 Å². The van der Waals surface area contributed by atoms with E-state index in [1.54, 1.807) is 60.7 Å². The Labute approximate surface area is 151 Å². The lowest BCUT2D eigenvalue weighted by Crippen LogP contribution is -2.08. The van der Waals surface area contributed by atoms with E-state index in [4.69, 9.17) is 9.47 Å². The van der Waals surface area contributed by atoms with Crippen molar-refractivity contribution < 1.29 is 23.0 Å². The van der Waals surface area contributed by atoms with Crippen LogP contribution in [0.2, 0.25) is 0 Å². The van der Waals surface area contributed by atoms with E-state index >= 15 is 0 Å². The molecule has 0 amide bonds. The van der Waals surface area contributed by atoms with E-state index < -0.39 is 6.16 Å². The SMILES string of the molecule is O=C(OCCC=Cc1ccccc1F)OCCC=Cc1ccccc1F. The molecule has 0 heterocycles. The molecule has 26 heavy (non-hydrogen) atoms. The fourth-order valence-electron chi connectivity index (χ4n) is 2.10.